The Kier molecular flexibility index (Phi) is 9.12. The molecule has 37 heavy (non-hydrogen) atoms. The van der Waals surface area contributed by atoms with Crippen molar-refractivity contribution < 1.29 is 29.3 Å². The van der Waals surface area contributed by atoms with Crippen LogP contribution in [0.4, 0.5) is 0 Å². The highest BCUT2D eigenvalue weighted by atomic mass is 16.5. The lowest BCUT2D eigenvalue weighted by atomic mass is 9.80. The fourth-order valence-electron chi connectivity index (χ4n) is 6.07. The topological polar surface area (TPSA) is 93.1 Å². The largest absolute Gasteiger partial charge is 0.482 e. The molecule has 0 unspecified atom stereocenters. The molecule has 0 atom stereocenters. The molecule has 2 fully saturated rings. The molecule has 0 bridgehead atoms. The third-order valence-electron chi connectivity index (χ3n) is 8.11. The van der Waals surface area contributed by atoms with Gasteiger partial charge in [-0.15, -0.1) is 0 Å². The second-order valence-corrected chi connectivity index (χ2v) is 10.8. The molecule has 6 nitrogen and oxygen atoms in total. The fraction of sp³-hybridized carbons (Fsp3) is 0.548. The van der Waals surface area contributed by atoms with E-state index < -0.39 is 11.9 Å². The molecule has 0 saturated heterocycles. The normalized spacial score (nSPS) is 16.9. The number of hydrogen-bond acceptors (Lipinski definition) is 4. The van der Waals surface area contributed by atoms with Crippen LogP contribution in [0.1, 0.15) is 109 Å². The SMILES string of the molecule is Cc1cc(OCC(=O)O)c(C2CCCCC2)cc1Cc1cc(C2CCCCC2)c(OCC(=O)O)cc1C. The fourth-order valence-corrected chi connectivity index (χ4v) is 6.07. The van der Waals surface area contributed by atoms with E-state index in [4.69, 9.17) is 9.47 Å². The van der Waals surface area contributed by atoms with E-state index in [1.807, 2.05) is 12.1 Å². The quantitative estimate of drug-likeness (QED) is 0.362. The summed E-state index contributed by atoms with van der Waals surface area (Å²) >= 11 is 0. The van der Waals surface area contributed by atoms with Crippen molar-refractivity contribution in [3.8, 4) is 11.5 Å². The lowest BCUT2D eigenvalue weighted by molar-refractivity contribution is -0.140. The van der Waals surface area contributed by atoms with Crippen molar-refractivity contribution >= 4 is 11.9 Å². The van der Waals surface area contributed by atoms with Crippen LogP contribution in [0, 0.1) is 13.8 Å². The number of hydrogen-bond donors (Lipinski definition) is 2. The standard InChI is InChI=1S/C31H40O6/c1-20-13-28(36-18-30(32)33)26(22-9-5-3-6-10-22)16-24(20)15-25-17-27(23-11-7-4-8-12-23)29(14-21(25)2)37-19-31(34)35/h13-14,16-17,22-23H,3-12,15,18-19H2,1-2H3,(H,32,33)(H,34,35). The maximum Gasteiger partial charge on any atom is 0.341 e. The number of aryl methyl sites for hydroxylation is 2. The van der Waals surface area contributed by atoms with Gasteiger partial charge in [-0.1, -0.05) is 50.7 Å². The van der Waals surface area contributed by atoms with Crippen molar-refractivity contribution in [2.45, 2.75) is 96.3 Å². The predicted molar refractivity (Wildman–Crippen MR) is 143 cm³/mol. The number of benzene rings is 2. The van der Waals surface area contributed by atoms with E-state index >= 15 is 0 Å². The summed E-state index contributed by atoms with van der Waals surface area (Å²) in [7, 11) is 0. The average Bonchev–Trinajstić information content (AvgIpc) is 2.89. The van der Waals surface area contributed by atoms with Crippen molar-refractivity contribution in [3.63, 3.8) is 0 Å². The molecule has 0 aromatic heterocycles. The Bertz CT molecular complexity index is 1020. The summed E-state index contributed by atoms with van der Waals surface area (Å²) in [5.41, 5.74) is 6.89. The minimum absolute atomic E-state index is 0.333. The molecule has 2 aliphatic rings. The van der Waals surface area contributed by atoms with Crippen molar-refractivity contribution in [1.29, 1.82) is 0 Å². The van der Waals surface area contributed by atoms with Crippen LogP contribution < -0.4 is 9.47 Å². The van der Waals surface area contributed by atoms with Crippen molar-refractivity contribution in [2.24, 2.45) is 0 Å². The van der Waals surface area contributed by atoms with E-state index in [9.17, 15) is 19.8 Å². The molecule has 4 rings (SSSR count). The minimum Gasteiger partial charge on any atom is -0.482 e. The van der Waals surface area contributed by atoms with Gasteiger partial charge in [0, 0.05) is 0 Å². The average molecular weight is 509 g/mol. The molecule has 2 aliphatic carbocycles. The van der Waals surface area contributed by atoms with Crippen molar-refractivity contribution in [3.05, 3.63) is 57.6 Å². The zero-order chi connectivity index (χ0) is 26.4. The van der Waals surface area contributed by atoms with E-state index in [1.54, 1.807) is 0 Å². The van der Waals surface area contributed by atoms with Gasteiger partial charge in [0.05, 0.1) is 0 Å². The second-order valence-electron chi connectivity index (χ2n) is 10.8. The summed E-state index contributed by atoms with van der Waals surface area (Å²) < 4.78 is 11.5. The molecule has 0 amide bonds. The van der Waals surface area contributed by atoms with Crippen LogP contribution in [0.25, 0.3) is 0 Å². The first-order valence-corrected chi connectivity index (χ1v) is 13.8. The van der Waals surface area contributed by atoms with Crippen LogP contribution >= 0.6 is 0 Å². The van der Waals surface area contributed by atoms with Crippen LogP contribution in [-0.4, -0.2) is 35.4 Å². The molecule has 0 spiro atoms. The molecule has 6 heteroatoms. The highest BCUT2D eigenvalue weighted by Crippen LogP contribution is 2.41. The van der Waals surface area contributed by atoms with E-state index in [-0.39, 0.29) is 13.2 Å². The highest BCUT2D eigenvalue weighted by Gasteiger charge is 2.24. The number of rotatable bonds is 10. The first kappa shape index (κ1) is 27.0. The Hall–Kier alpha value is -3.02. The second kappa shape index (κ2) is 12.5. The summed E-state index contributed by atoms with van der Waals surface area (Å²) in [6.45, 7) is 3.46. The number of carboxylic acid groups (broad SMARTS) is 2. The van der Waals surface area contributed by atoms with E-state index in [0.717, 1.165) is 54.4 Å². The number of carboxylic acids is 2. The first-order chi connectivity index (χ1) is 17.8. The number of aliphatic carboxylic acids is 2. The lowest BCUT2D eigenvalue weighted by Crippen LogP contribution is -2.14. The van der Waals surface area contributed by atoms with Gasteiger partial charge in [0.15, 0.2) is 13.2 Å². The maximum atomic E-state index is 11.2. The van der Waals surface area contributed by atoms with Crippen molar-refractivity contribution in [1.82, 2.24) is 0 Å². The van der Waals surface area contributed by atoms with Crippen molar-refractivity contribution in [2.75, 3.05) is 13.2 Å². The molecular weight excluding hydrogens is 468 g/mol. The lowest BCUT2D eigenvalue weighted by Gasteiger charge is -2.27. The molecule has 0 aliphatic heterocycles. The molecule has 2 aromatic rings. The van der Waals surface area contributed by atoms with Gasteiger partial charge >= 0.3 is 11.9 Å². The summed E-state index contributed by atoms with van der Waals surface area (Å²) in [5, 5.41) is 18.4. The van der Waals surface area contributed by atoms with Gasteiger partial charge in [0.25, 0.3) is 0 Å². The summed E-state index contributed by atoms with van der Waals surface area (Å²) in [5.74, 6) is 0.255. The Balaban J connectivity index is 1.68. The van der Waals surface area contributed by atoms with Gasteiger partial charge in [-0.2, -0.15) is 0 Å². The van der Waals surface area contributed by atoms with Crippen LogP contribution in [-0.2, 0) is 16.0 Å². The van der Waals surface area contributed by atoms with Gasteiger partial charge < -0.3 is 19.7 Å². The molecule has 2 aromatic carbocycles. The zero-order valence-corrected chi connectivity index (χ0v) is 22.2. The van der Waals surface area contributed by atoms with Gasteiger partial charge in [-0.3, -0.25) is 0 Å². The molecule has 2 N–H and O–H groups in total. The monoisotopic (exact) mass is 508 g/mol. The van der Waals surface area contributed by atoms with E-state index in [0.29, 0.717) is 23.3 Å². The Morgan fingerprint density at radius 2 is 1.05 bits per heavy atom. The van der Waals surface area contributed by atoms with Crippen LogP contribution in [0.5, 0.6) is 11.5 Å². The number of ether oxygens (including phenoxy) is 2. The predicted octanol–water partition coefficient (Wildman–Crippen LogP) is 6.92. The molecular formula is C31H40O6. The summed E-state index contributed by atoms with van der Waals surface area (Å²) in [6, 6.07) is 8.53. The van der Waals surface area contributed by atoms with Gasteiger partial charge in [-0.25, -0.2) is 9.59 Å². The first-order valence-electron chi connectivity index (χ1n) is 13.8. The van der Waals surface area contributed by atoms with E-state index in [1.165, 1.54) is 49.7 Å². The van der Waals surface area contributed by atoms with Crippen LogP contribution in [0.3, 0.4) is 0 Å². The molecule has 0 radical (unpaired) electrons. The molecule has 0 heterocycles. The van der Waals surface area contributed by atoms with E-state index in [2.05, 4.69) is 26.0 Å². The van der Waals surface area contributed by atoms with Gasteiger partial charge in [0.1, 0.15) is 11.5 Å². The molecule has 200 valence electrons. The smallest absolute Gasteiger partial charge is 0.341 e. The van der Waals surface area contributed by atoms with Gasteiger partial charge in [0.2, 0.25) is 0 Å². The summed E-state index contributed by atoms with van der Waals surface area (Å²) in [6.07, 6.45) is 12.4. The highest BCUT2D eigenvalue weighted by molar-refractivity contribution is 5.69. The zero-order valence-electron chi connectivity index (χ0n) is 22.2. The Morgan fingerprint density at radius 1 is 0.676 bits per heavy atom. The maximum absolute atomic E-state index is 11.2. The number of carbonyl (C=O) groups is 2. The van der Waals surface area contributed by atoms with Crippen LogP contribution in [0.2, 0.25) is 0 Å². The third-order valence-corrected chi connectivity index (χ3v) is 8.11. The van der Waals surface area contributed by atoms with Crippen LogP contribution in [0.15, 0.2) is 24.3 Å². The Labute approximate surface area is 220 Å². The third kappa shape index (κ3) is 7.06. The Morgan fingerprint density at radius 3 is 1.41 bits per heavy atom. The van der Waals surface area contributed by atoms with Gasteiger partial charge in [-0.05, 0) is 103 Å². The molecule has 2 saturated carbocycles. The summed E-state index contributed by atoms with van der Waals surface area (Å²) in [4.78, 5) is 22.4. The minimum atomic E-state index is -0.965.